The molecular weight excluding hydrogens is 400 g/mol. The van der Waals surface area contributed by atoms with Gasteiger partial charge >= 0.3 is 0 Å². The summed E-state index contributed by atoms with van der Waals surface area (Å²) in [6.45, 7) is 5.15. The van der Waals surface area contributed by atoms with E-state index in [1.54, 1.807) is 7.11 Å². The minimum atomic E-state index is 0.399. The van der Waals surface area contributed by atoms with E-state index in [-0.39, 0.29) is 0 Å². The minimum Gasteiger partial charge on any atom is -0.497 e. The number of benzene rings is 1. The monoisotopic (exact) mass is 432 g/mol. The van der Waals surface area contributed by atoms with Gasteiger partial charge in [0.2, 0.25) is 5.95 Å². The lowest BCUT2D eigenvalue weighted by Crippen LogP contribution is -2.34. The van der Waals surface area contributed by atoms with Gasteiger partial charge in [0.25, 0.3) is 0 Å². The van der Waals surface area contributed by atoms with Gasteiger partial charge in [-0.25, -0.2) is 9.97 Å². The molecule has 3 aromatic rings. The van der Waals surface area contributed by atoms with Crippen LogP contribution in [0.4, 0.5) is 5.95 Å². The fourth-order valence-corrected chi connectivity index (χ4v) is 5.02. The summed E-state index contributed by atoms with van der Waals surface area (Å²) in [6, 6.07) is 10.4. The Hall–Kier alpha value is -2.93. The summed E-state index contributed by atoms with van der Waals surface area (Å²) < 4.78 is 7.34. The number of methoxy groups -OCH3 is 1. The van der Waals surface area contributed by atoms with E-state index in [9.17, 15) is 0 Å². The van der Waals surface area contributed by atoms with Crippen molar-refractivity contribution in [2.75, 3.05) is 38.2 Å². The minimum absolute atomic E-state index is 0.399. The molecule has 2 aliphatic heterocycles. The fraction of sp³-hybridized carbons (Fsp3) is 0.480. The van der Waals surface area contributed by atoms with Crippen LogP contribution in [0.2, 0.25) is 0 Å². The van der Waals surface area contributed by atoms with Gasteiger partial charge in [-0.1, -0.05) is 12.1 Å². The Morgan fingerprint density at radius 3 is 2.81 bits per heavy atom. The van der Waals surface area contributed by atoms with Crippen LogP contribution in [-0.4, -0.2) is 57.9 Å². The fourth-order valence-electron chi connectivity index (χ4n) is 5.02. The predicted molar refractivity (Wildman–Crippen MR) is 126 cm³/mol. The van der Waals surface area contributed by atoms with Crippen LogP contribution >= 0.6 is 0 Å². The van der Waals surface area contributed by atoms with Crippen LogP contribution in [-0.2, 0) is 13.6 Å². The number of ether oxygens (including phenoxy) is 1. The van der Waals surface area contributed by atoms with Crippen molar-refractivity contribution in [1.29, 1.82) is 0 Å². The molecule has 0 spiro atoms. The number of nitrogens with zero attached hydrogens (tertiary/aromatic N) is 6. The molecule has 0 bridgehead atoms. The highest BCUT2D eigenvalue weighted by atomic mass is 16.5. The molecule has 4 heterocycles. The molecule has 1 atom stereocenters. The van der Waals surface area contributed by atoms with Gasteiger partial charge in [0.05, 0.1) is 18.5 Å². The summed E-state index contributed by atoms with van der Waals surface area (Å²) in [5, 5.41) is 4.90. The number of piperidine rings is 1. The number of hydrogen-bond acceptors (Lipinski definition) is 6. The molecule has 5 rings (SSSR count). The van der Waals surface area contributed by atoms with E-state index in [1.165, 1.54) is 24.8 Å². The summed E-state index contributed by atoms with van der Waals surface area (Å²) in [5.41, 5.74) is 4.57. The third-order valence-corrected chi connectivity index (χ3v) is 6.60. The summed E-state index contributed by atoms with van der Waals surface area (Å²) in [5.74, 6) is 2.16. The van der Waals surface area contributed by atoms with Gasteiger partial charge in [-0.05, 0) is 56.0 Å². The first-order valence-electron chi connectivity index (χ1n) is 11.7. The highest BCUT2D eigenvalue weighted by Gasteiger charge is 2.27. The van der Waals surface area contributed by atoms with Crippen molar-refractivity contribution in [1.82, 2.24) is 24.6 Å². The first kappa shape index (κ1) is 20.9. The Morgan fingerprint density at radius 2 is 1.97 bits per heavy atom. The van der Waals surface area contributed by atoms with E-state index >= 15 is 0 Å². The number of aromatic nitrogens is 4. The molecule has 0 aliphatic carbocycles. The first-order valence-corrected chi connectivity index (χ1v) is 11.7. The molecule has 7 heteroatoms. The zero-order valence-corrected chi connectivity index (χ0v) is 19.1. The van der Waals surface area contributed by atoms with Crippen LogP contribution in [0.1, 0.15) is 42.9 Å². The number of likely N-dealkylation sites (tertiary alicyclic amines) is 1. The Morgan fingerprint density at radius 1 is 1.09 bits per heavy atom. The van der Waals surface area contributed by atoms with Crippen molar-refractivity contribution in [3.8, 4) is 17.0 Å². The molecule has 7 nitrogen and oxygen atoms in total. The highest BCUT2D eigenvalue weighted by Crippen LogP contribution is 2.34. The molecule has 0 N–H and O–H groups in total. The van der Waals surface area contributed by atoms with Crippen molar-refractivity contribution in [3.05, 3.63) is 54.0 Å². The van der Waals surface area contributed by atoms with Gasteiger partial charge in [-0.3, -0.25) is 9.58 Å². The van der Waals surface area contributed by atoms with E-state index in [1.807, 2.05) is 30.1 Å². The summed E-state index contributed by atoms with van der Waals surface area (Å²) >= 11 is 0. The van der Waals surface area contributed by atoms with E-state index in [0.717, 1.165) is 67.8 Å². The lowest BCUT2D eigenvalue weighted by atomic mass is 9.91. The summed E-state index contributed by atoms with van der Waals surface area (Å²) in [7, 11) is 3.73. The molecule has 2 fully saturated rings. The Labute approximate surface area is 190 Å². The first-order chi connectivity index (χ1) is 15.7. The zero-order valence-electron chi connectivity index (χ0n) is 19.1. The lowest BCUT2D eigenvalue weighted by Gasteiger charge is -2.32. The molecule has 32 heavy (non-hydrogen) atoms. The van der Waals surface area contributed by atoms with Gasteiger partial charge in [0.15, 0.2) is 0 Å². The van der Waals surface area contributed by atoms with Crippen molar-refractivity contribution >= 4 is 5.95 Å². The zero-order chi connectivity index (χ0) is 21.9. The molecule has 2 aromatic heterocycles. The summed E-state index contributed by atoms with van der Waals surface area (Å²) in [4.78, 5) is 14.3. The smallest absolute Gasteiger partial charge is 0.225 e. The highest BCUT2D eigenvalue weighted by molar-refractivity contribution is 5.63. The van der Waals surface area contributed by atoms with Crippen LogP contribution in [0.5, 0.6) is 5.75 Å². The molecule has 2 aliphatic rings. The molecule has 0 saturated carbocycles. The van der Waals surface area contributed by atoms with Crippen molar-refractivity contribution < 1.29 is 4.74 Å². The molecule has 1 unspecified atom stereocenters. The van der Waals surface area contributed by atoms with Gasteiger partial charge in [0, 0.05) is 57.1 Å². The topological polar surface area (TPSA) is 59.3 Å². The van der Waals surface area contributed by atoms with Crippen molar-refractivity contribution in [2.45, 2.75) is 38.1 Å². The van der Waals surface area contributed by atoms with Crippen LogP contribution in [0.3, 0.4) is 0 Å². The third kappa shape index (κ3) is 4.48. The normalized spacial score (nSPS) is 19.4. The maximum atomic E-state index is 5.40. The Balaban J connectivity index is 1.36. The average molecular weight is 433 g/mol. The van der Waals surface area contributed by atoms with E-state index in [2.05, 4.69) is 39.2 Å². The molecular formula is C25H32N6O. The van der Waals surface area contributed by atoms with Crippen LogP contribution in [0.15, 0.2) is 42.7 Å². The van der Waals surface area contributed by atoms with Crippen molar-refractivity contribution in [2.24, 2.45) is 7.05 Å². The quantitative estimate of drug-likeness (QED) is 0.589. The van der Waals surface area contributed by atoms with Gasteiger partial charge < -0.3 is 9.64 Å². The second-order valence-electron chi connectivity index (χ2n) is 8.96. The van der Waals surface area contributed by atoms with Crippen LogP contribution < -0.4 is 9.64 Å². The largest absolute Gasteiger partial charge is 0.497 e. The number of rotatable bonds is 6. The second kappa shape index (κ2) is 9.28. The number of hydrogen-bond donors (Lipinski definition) is 0. The summed E-state index contributed by atoms with van der Waals surface area (Å²) in [6.07, 6.45) is 8.78. The van der Waals surface area contributed by atoms with Crippen LogP contribution in [0, 0.1) is 0 Å². The Kier molecular flexibility index (Phi) is 6.08. The van der Waals surface area contributed by atoms with Gasteiger partial charge in [0.1, 0.15) is 5.75 Å². The standard InChI is InChI=1S/C25H32N6O/c1-29-18-22(23-10-11-26-25(27-23)31-13-3-4-14-31)24(28-29)20-8-6-12-30(17-20)16-19-7-5-9-21(15-19)32-2/h5,7,9-11,15,18,20H,3-4,6,8,12-14,16-17H2,1-2H3. The maximum Gasteiger partial charge on any atom is 0.225 e. The lowest BCUT2D eigenvalue weighted by molar-refractivity contribution is 0.198. The third-order valence-electron chi connectivity index (χ3n) is 6.60. The van der Waals surface area contributed by atoms with Crippen LogP contribution in [0.25, 0.3) is 11.3 Å². The van der Waals surface area contributed by atoms with Gasteiger partial charge in [-0.15, -0.1) is 0 Å². The molecule has 0 radical (unpaired) electrons. The number of anilines is 1. The average Bonchev–Trinajstić information content (AvgIpc) is 3.50. The van der Waals surface area contributed by atoms with E-state index in [4.69, 9.17) is 14.8 Å². The Bertz CT molecular complexity index is 1060. The van der Waals surface area contributed by atoms with Crippen molar-refractivity contribution in [3.63, 3.8) is 0 Å². The molecule has 0 amide bonds. The maximum absolute atomic E-state index is 5.40. The van der Waals surface area contributed by atoms with Gasteiger partial charge in [-0.2, -0.15) is 5.10 Å². The SMILES string of the molecule is COc1cccc(CN2CCCC(c3nn(C)cc3-c3ccnc(N4CCCC4)n3)C2)c1. The molecule has 2 saturated heterocycles. The number of aryl methyl sites for hydroxylation is 1. The molecule has 168 valence electrons. The molecule has 1 aromatic carbocycles. The van der Waals surface area contributed by atoms with E-state index in [0.29, 0.717) is 5.92 Å². The predicted octanol–water partition coefficient (Wildman–Crippen LogP) is 3.87. The van der Waals surface area contributed by atoms with E-state index < -0.39 is 0 Å². The second-order valence-corrected chi connectivity index (χ2v) is 8.96.